The summed E-state index contributed by atoms with van der Waals surface area (Å²) in [7, 11) is 0. The van der Waals surface area contributed by atoms with Crippen molar-refractivity contribution in [3.63, 3.8) is 0 Å². The second-order valence-corrected chi connectivity index (χ2v) is 5.50. The van der Waals surface area contributed by atoms with E-state index in [1.165, 1.54) is 0 Å². The lowest BCUT2D eigenvalue weighted by Gasteiger charge is -2.09. The van der Waals surface area contributed by atoms with E-state index in [0.717, 1.165) is 40.0 Å². The molecule has 5 heteroatoms. The molecule has 0 saturated heterocycles. The molecule has 0 aliphatic rings. The Hall–Kier alpha value is -1.37. The molecule has 0 atom stereocenters. The van der Waals surface area contributed by atoms with Gasteiger partial charge in [0.15, 0.2) is 5.82 Å². The van der Waals surface area contributed by atoms with Crippen LogP contribution in [0.15, 0.2) is 24.3 Å². The van der Waals surface area contributed by atoms with Gasteiger partial charge in [0.1, 0.15) is 11.6 Å². The molecule has 106 valence electrons. The third-order valence-corrected chi connectivity index (χ3v) is 4.04. The summed E-state index contributed by atoms with van der Waals surface area (Å²) in [6, 6.07) is 7.81. The van der Waals surface area contributed by atoms with Gasteiger partial charge in [-0.15, -0.1) is 0 Å². The zero-order chi connectivity index (χ0) is 14.5. The first-order chi connectivity index (χ1) is 9.65. The van der Waals surface area contributed by atoms with Gasteiger partial charge in [0.25, 0.3) is 0 Å². The van der Waals surface area contributed by atoms with E-state index in [-0.39, 0.29) is 0 Å². The molecule has 0 aliphatic heterocycles. The maximum Gasteiger partial charge on any atom is 0.161 e. The molecule has 2 rings (SSSR count). The van der Waals surface area contributed by atoms with Crippen LogP contribution >= 0.6 is 22.6 Å². The topological polar surface area (TPSA) is 61.0 Å². The van der Waals surface area contributed by atoms with Crippen molar-refractivity contribution < 1.29 is 4.74 Å². The van der Waals surface area contributed by atoms with Gasteiger partial charge in [-0.2, -0.15) is 0 Å². The fourth-order valence-electron chi connectivity index (χ4n) is 1.80. The molecule has 1 heterocycles. The van der Waals surface area contributed by atoms with Gasteiger partial charge in [0.2, 0.25) is 0 Å². The largest absolute Gasteiger partial charge is 0.494 e. The Morgan fingerprint density at radius 1 is 1.15 bits per heavy atom. The second kappa shape index (κ2) is 6.88. The highest BCUT2D eigenvalue weighted by atomic mass is 127. The lowest BCUT2D eigenvalue weighted by atomic mass is 10.2. The average molecular weight is 383 g/mol. The smallest absolute Gasteiger partial charge is 0.161 e. The Bertz CT molecular complexity index is 584. The van der Waals surface area contributed by atoms with E-state index < -0.39 is 0 Å². The summed E-state index contributed by atoms with van der Waals surface area (Å²) < 4.78 is 6.51. The van der Waals surface area contributed by atoms with Crippen LogP contribution in [0.4, 0.5) is 5.82 Å². The quantitative estimate of drug-likeness (QED) is 0.801. The number of nitrogen functional groups attached to an aromatic ring is 1. The van der Waals surface area contributed by atoms with Crippen molar-refractivity contribution in [3.8, 4) is 17.1 Å². The van der Waals surface area contributed by atoms with Crippen molar-refractivity contribution in [2.45, 2.75) is 26.7 Å². The number of rotatable bonds is 5. The molecule has 0 radical (unpaired) electrons. The predicted octanol–water partition coefficient (Wildman–Crippen LogP) is 3.68. The third kappa shape index (κ3) is 3.39. The van der Waals surface area contributed by atoms with Gasteiger partial charge < -0.3 is 10.5 Å². The molecule has 0 fully saturated rings. The van der Waals surface area contributed by atoms with Gasteiger partial charge in [0, 0.05) is 5.56 Å². The van der Waals surface area contributed by atoms with Crippen molar-refractivity contribution >= 4 is 28.4 Å². The van der Waals surface area contributed by atoms with E-state index in [9.17, 15) is 0 Å². The van der Waals surface area contributed by atoms with Crippen molar-refractivity contribution in [2.75, 3.05) is 12.3 Å². The summed E-state index contributed by atoms with van der Waals surface area (Å²) in [6.07, 6.45) is 1.84. The molecule has 1 aromatic heterocycles. The van der Waals surface area contributed by atoms with Gasteiger partial charge in [-0.3, -0.25) is 0 Å². The zero-order valence-corrected chi connectivity index (χ0v) is 13.8. The fraction of sp³-hybridized carbons (Fsp3) is 0.333. The number of nitrogens with two attached hydrogens (primary N) is 1. The van der Waals surface area contributed by atoms with E-state index >= 15 is 0 Å². The lowest BCUT2D eigenvalue weighted by molar-refractivity contribution is 0.317. The summed E-state index contributed by atoms with van der Waals surface area (Å²) in [6.45, 7) is 4.88. The summed E-state index contributed by atoms with van der Waals surface area (Å²) in [4.78, 5) is 8.94. The number of nitrogens with zero attached hydrogens (tertiary/aromatic N) is 2. The molecule has 0 saturated carbocycles. The van der Waals surface area contributed by atoms with Crippen LogP contribution < -0.4 is 10.5 Å². The van der Waals surface area contributed by atoms with Crippen LogP contribution in [0.2, 0.25) is 0 Å². The fourth-order valence-corrected chi connectivity index (χ4v) is 2.42. The standard InChI is InChI=1S/C15H18IN3O/c1-3-9-20-11-7-5-10(6-8-11)15-18-12(4-2)13(16)14(17)19-15/h5-8H,3-4,9H2,1-2H3,(H2,17,18,19). The van der Waals surface area contributed by atoms with Crippen LogP contribution in [0.5, 0.6) is 5.75 Å². The van der Waals surface area contributed by atoms with E-state index in [1.54, 1.807) is 0 Å². The van der Waals surface area contributed by atoms with Gasteiger partial charge in [-0.05, 0) is 59.7 Å². The van der Waals surface area contributed by atoms with Crippen LogP contribution in [0.1, 0.15) is 26.0 Å². The van der Waals surface area contributed by atoms with E-state index in [4.69, 9.17) is 10.5 Å². The van der Waals surface area contributed by atoms with Crippen LogP contribution in [0, 0.1) is 3.57 Å². The number of aromatic nitrogens is 2. The highest BCUT2D eigenvalue weighted by Gasteiger charge is 2.10. The molecular weight excluding hydrogens is 365 g/mol. The molecule has 4 nitrogen and oxygen atoms in total. The normalized spacial score (nSPS) is 10.6. The summed E-state index contributed by atoms with van der Waals surface area (Å²) in [5.74, 6) is 2.07. The van der Waals surface area contributed by atoms with Crippen LogP contribution in [0.3, 0.4) is 0 Å². The molecule has 0 bridgehead atoms. The maximum atomic E-state index is 5.95. The predicted molar refractivity (Wildman–Crippen MR) is 89.8 cm³/mol. The van der Waals surface area contributed by atoms with E-state index in [0.29, 0.717) is 11.6 Å². The zero-order valence-electron chi connectivity index (χ0n) is 11.7. The Kier molecular flexibility index (Phi) is 5.17. The minimum Gasteiger partial charge on any atom is -0.494 e. The average Bonchev–Trinajstić information content (AvgIpc) is 2.48. The third-order valence-electron chi connectivity index (χ3n) is 2.87. The van der Waals surface area contributed by atoms with Crippen molar-refractivity contribution in [1.82, 2.24) is 9.97 Å². The number of hydrogen-bond acceptors (Lipinski definition) is 4. The second-order valence-electron chi connectivity index (χ2n) is 4.42. The van der Waals surface area contributed by atoms with Crippen molar-refractivity contribution in [1.29, 1.82) is 0 Å². The van der Waals surface area contributed by atoms with Crippen molar-refractivity contribution in [2.24, 2.45) is 0 Å². The van der Waals surface area contributed by atoms with E-state index in [1.807, 2.05) is 24.3 Å². The molecule has 0 spiro atoms. The number of anilines is 1. The molecule has 20 heavy (non-hydrogen) atoms. The van der Waals surface area contributed by atoms with Gasteiger partial charge in [-0.25, -0.2) is 9.97 Å². The molecule has 0 unspecified atom stereocenters. The Labute approximate surface area is 132 Å². The van der Waals surface area contributed by atoms with E-state index in [2.05, 4.69) is 46.4 Å². The first kappa shape index (κ1) is 15.0. The number of ether oxygens (including phenoxy) is 1. The molecule has 0 amide bonds. The highest BCUT2D eigenvalue weighted by Crippen LogP contribution is 2.24. The first-order valence-corrected chi connectivity index (χ1v) is 7.78. The molecule has 2 aromatic rings. The first-order valence-electron chi connectivity index (χ1n) is 6.70. The molecular formula is C15H18IN3O. The van der Waals surface area contributed by atoms with Crippen LogP contribution in [-0.2, 0) is 6.42 Å². The van der Waals surface area contributed by atoms with Gasteiger partial charge in [0.05, 0.1) is 15.9 Å². The Morgan fingerprint density at radius 3 is 2.45 bits per heavy atom. The summed E-state index contributed by atoms with van der Waals surface area (Å²) in [5.41, 5.74) is 7.88. The number of halogens is 1. The minimum absolute atomic E-state index is 0.541. The Morgan fingerprint density at radius 2 is 1.85 bits per heavy atom. The van der Waals surface area contributed by atoms with Gasteiger partial charge in [-0.1, -0.05) is 13.8 Å². The number of aryl methyl sites for hydroxylation is 1. The van der Waals surface area contributed by atoms with Gasteiger partial charge >= 0.3 is 0 Å². The highest BCUT2D eigenvalue weighted by molar-refractivity contribution is 14.1. The molecule has 0 aliphatic carbocycles. The Balaban J connectivity index is 2.29. The number of hydrogen-bond donors (Lipinski definition) is 1. The van der Waals surface area contributed by atoms with Crippen LogP contribution in [-0.4, -0.2) is 16.6 Å². The maximum absolute atomic E-state index is 5.95. The monoisotopic (exact) mass is 383 g/mol. The summed E-state index contributed by atoms with van der Waals surface area (Å²) in [5, 5.41) is 0. The number of benzene rings is 1. The molecule has 2 N–H and O–H groups in total. The van der Waals surface area contributed by atoms with Crippen molar-refractivity contribution in [3.05, 3.63) is 33.5 Å². The van der Waals surface area contributed by atoms with Crippen LogP contribution in [0.25, 0.3) is 11.4 Å². The minimum atomic E-state index is 0.541. The SMILES string of the molecule is CCCOc1ccc(-c2nc(N)c(I)c(CC)n2)cc1. The lowest BCUT2D eigenvalue weighted by Crippen LogP contribution is -2.04. The molecule has 1 aromatic carbocycles. The summed E-state index contributed by atoms with van der Waals surface area (Å²) >= 11 is 2.19.